The van der Waals surface area contributed by atoms with Crippen LogP contribution in [0.5, 0.6) is 5.75 Å². The van der Waals surface area contributed by atoms with Gasteiger partial charge in [0.15, 0.2) is 15.6 Å². The Labute approximate surface area is 127 Å². The fraction of sp³-hybridized carbons (Fsp3) is 0.462. The molecular formula is C13H16FNO4S2. The van der Waals surface area contributed by atoms with E-state index in [1.807, 2.05) is 0 Å². The summed E-state index contributed by atoms with van der Waals surface area (Å²) in [5.41, 5.74) is -0.125. The van der Waals surface area contributed by atoms with Crippen molar-refractivity contribution in [1.82, 2.24) is 4.90 Å². The Hall–Kier alpha value is -1.12. The lowest BCUT2D eigenvalue weighted by molar-refractivity contribution is 0.0925. The number of Topliss-reactive ketones (excluding diaryl/α,β-unsaturated/α-hetero) is 1. The van der Waals surface area contributed by atoms with E-state index in [1.165, 1.54) is 11.8 Å². The molecule has 0 spiro atoms. The Bertz CT molecular complexity index is 648. The fourth-order valence-corrected chi connectivity index (χ4v) is 5.13. The van der Waals surface area contributed by atoms with Crippen molar-refractivity contribution in [2.45, 2.75) is 5.37 Å². The summed E-state index contributed by atoms with van der Waals surface area (Å²) in [6, 6.07) is 3.14. The van der Waals surface area contributed by atoms with Crippen LogP contribution < -0.4 is 0 Å². The third kappa shape index (κ3) is 3.96. The molecule has 1 saturated heterocycles. The van der Waals surface area contributed by atoms with E-state index in [4.69, 9.17) is 0 Å². The van der Waals surface area contributed by atoms with Gasteiger partial charge in [-0.1, -0.05) is 0 Å². The molecule has 1 heterocycles. The molecule has 2 rings (SSSR count). The summed E-state index contributed by atoms with van der Waals surface area (Å²) in [7, 11) is -3.30. The number of thioether (sulfide) groups is 1. The van der Waals surface area contributed by atoms with Crippen LogP contribution in [-0.4, -0.2) is 60.4 Å². The van der Waals surface area contributed by atoms with Crippen LogP contribution in [0.2, 0.25) is 0 Å². The van der Waals surface area contributed by atoms with Crippen LogP contribution in [-0.2, 0) is 9.84 Å². The summed E-state index contributed by atoms with van der Waals surface area (Å²) < 4.78 is 36.7. The topological polar surface area (TPSA) is 74.7 Å². The highest BCUT2D eigenvalue weighted by atomic mass is 32.2. The Kier molecular flexibility index (Phi) is 4.90. The number of sulfone groups is 1. The van der Waals surface area contributed by atoms with Gasteiger partial charge in [-0.3, -0.25) is 9.69 Å². The molecule has 0 aromatic heterocycles. The number of benzene rings is 1. The monoisotopic (exact) mass is 333 g/mol. The van der Waals surface area contributed by atoms with Crippen molar-refractivity contribution in [2.24, 2.45) is 0 Å². The average Bonchev–Trinajstić information content (AvgIpc) is 2.41. The Morgan fingerprint density at radius 3 is 2.90 bits per heavy atom. The number of hydrogen-bond donors (Lipinski definition) is 1. The molecule has 5 nitrogen and oxygen atoms in total. The van der Waals surface area contributed by atoms with Gasteiger partial charge >= 0.3 is 0 Å². The zero-order valence-corrected chi connectivity index (χ0v) is 13.1. The van der Waals surface area contributed by atoms with Gasteiger partial charge in [-0.25, -0.2) is 12.8 Å². The second kappa shape index (κ2) is 6.33. The van der Waals surface area contributed by atoms with E-state index in [-0.39, 0.29) is 17.9 Å². The van der Waals surface area contributed by atoms with Gasteiger partial charge in [0.25, 0.3) is 0 Å². The third-order valence-corrected chi connectivity index (χ3v) is 5.98. The van der Waals surface area contributed by atoms with Crippen LogP contribution in [0.25, 0.3) is 0 Å². The normalized spacial score (nSPS) is 20.4. The largest absolute Gasteiger partial charge is 0.507 e. The molecule has 1 atom stereocenters. The van der Waals surface area contributed by atoms with E-state index in [0.717, 1.165) is 30.2 Å². The van der Waals surface area contributed by atoms with Gasteiger partial charge in [0.1, 0.15) is 16.9 Å². The highest BCUT2D eigenvalue weighted by molar-refractivity contribution is 8.00. The van der Waals surface area contributed by atoms with Crippen molar-refractivity contribution in [3.05, 3.63) is 29.6 Å². The molecule has 1 aliphatic rings. The lowest BCUT2D eigenvalue weighted by atomic mass is 10.1. The third-order valence-electron chi connectivity index (χ3n) is 3.29. The number of rotatable bonds is 4. The van der Waals surface area contributed by atoms with Crippen molar-refractivity contribution in [3.8, 4) is 5.75 Å². The van der Waals surface area contributed by atoms with E-state index in [1.54, 1.807) is 4.90 Å². The Morgan fingerprint density at radius 2 is 2.24 bits per heavy atom. The first-order valence-electron chi connectivity index (χ1n) is 6.31. The molecular weight excluding hydrogens is 317 g/mol. The van der Waals surface area contributed by atoms with Gasteiger partial charge < -0.3 is 5.11 Å². The highest BCUT2D eigenvalue weighted by Crippen LogP contribution is 2.23. The maximum Gasteiger partial charge on any atom is 0.180 e. The number of ketones is 1. The molecule has 1 unspecified atom stereocenters. The SMILES string of the molecule is CS(=O)(=O)C1CSCCN1CC(=O)c1cc(F)ccc1O. The summed E-state index contributed by atoms with van der Waals surface area (Å²) in [6.45, 7) is 0.305. The fourth-order valence-electron chi connectivity index (χ4n) is 2.19. The average molecular weight is 333 g/mol. The maximum absolute atomic E-state index is 13.2. The summed E-state index contributed by atoms with van der Waals surface area (Å²) in [5.74, 6) is -0.281. The molecule has 21 heavy (non-hydrogen) atoms. The zero-order valence-electron chi connectivity index (χ0n) is 11.5. The molecule has 0 saturated carbocycles. The summed E-state index contributed by atoms with van der Waals surface area (Å²) in [6.07, 6.45) is 1.14. The highest BCUT2D eigenvalue weighted by Gasteiger charge is 2.32. The molecule has 0 aliphatic carbocycles. The van der Waals surface area contributed by atoms with Crippen molar-refractivity contribution < 1.29 is 22.7 Å². The molecule has 1 aromatic rings. The molecule has 1 aromatic carbocycles. The lowest BCUT2D eigenvalue weighted by Gasteiger charge is -2.33. The summed E-state index contributed by atoms with van der Waals surface area (Å²) in [4.78, 5) is 13.8. The van der Waals surface area contributed by atoms with E-state index >= 15 is 0 Å². The second-order valence-electron chi connectivity index (χ2n) is 4.91. The minimum Gasteiger partial charge on any atom is -0.507 e. The Balaban J connectivity index is 2.19. The minimum atomic E-state index is -3.30. The smallest absolute Gasteiger partial charge is 0.180 e. The zero-order chi connectivity index (χ0) is 15.6. The van der Waals surface area contributed by atoms with Gasteiger partial charge in [0.05, 0.1) is 12.1 Å². The van der Waals surface area contributed by atoms with E-state index in [2.05, 4.69) is 0 Å². The quantitative estimate of drug-likeness (QED) is 0.833. The van der Waals surface area contributed by atoms with Gasteiger partial charge in [-0.15, -0.1) is 0 Å². The van der Waals surface area contributed by atoms with Crippen LogP contribution in [0, 0.1) is 5.82 Å². The number of halogens is 1. The number of carbonyl (C=O) groups is 1. The molecule has 116 valence electrons. The molecule has 1 N–H and O–H groups in total. The molecule has 1 fully saturated rings. The van der Waals surface area contributed by atoms with E-state index < -0.39 is 26.8 Å². The number of carbonyl (C=O) groups excluding carboxylic acids is 1. The summed E-state index contributed by atoms with van der Waals surface area (Å²) >= 11 is 1.52. The van der Waals surface area contributed by atoms with Crippen LogP contribution in [0.15, 0.2) is 18.2 Å². The molecule has 8 heteroatoms. The summed E-state index contributed by atoms with van der Waals surface area (Å²) in [5, 5.41) is 8.91. The van der Waals surface area contributed by atoms with Gasteiger partial charge in [-0.05, 0) is 18.2 Å². The van der Waals surface area contributed by atoms with Crippen molar-refractivity contribution in [3.63, 3.8) is 0 Å². The standard InChI is InChI=1S/C13H16FNO4S2/c1-21(18,19)13-8-20-5-4-15(13)7-12(17)10-6-9(14)2-3-11(10)16/h2-3,6,13,16H,4-5,7-8H2,1H3. The van der Waals surface area contributed by atoms with Crippen LogP contribution >= 0.6 is 11.8 Å². The number of hydrogen-bond acceptors (Lipinski definition) is 6. The Morgan fingerprint density at radius 1 is 1.52 bits per heavy atom. The number of phenolic OH excluding ortho intramolecular Hbond substituents is 1. The predicted octanol–water partition coefficient (Wildman–Crippen LogP) is 1.13. The van der Waals surface area contributed by atoms with Gasteiger partial charge in [0.2, 0.25) is 0 Å². The lowest BCUT2D eigenvalue weighted by Crippen LogP contribution is -2.48. The van der Waals surface area contributed by atoms with Crippen molar-refractivity contribution in [2.75, 3.05) is 30.9 Å². The van der Waals surface area contributed by atoms with E-state index in [0.29, 0.717) is 12.3 Å². The van der Waals surface area contributed by atoms with E-state index in [9.17, 15) is 22.7 Å². The van der Waals surface area contributed by atoms with Crippen molar-refractivity contribution >= 4 is 27.4 Å². The van der Waals surface area contributed by atoms with Crippen molar-refractivity contribution in [1.29, 1.82) is 0 Å². The molecule has 0 bridgehead atoms. The number of phenols is 1. The first kappa shape index (κ1) is 16.3. The first-order valence-corrected chi connectivity index (χ1v) is 9.42. The number of nitrogens with zero attached hydrogens (tertiary/aromatic N) is 1. The predicted molar refractivity (Wildman–Crippen MR) is 79.9 cm³/mol. The van der Waals surface area contributed by atoms with Gasteiger partial charge in [0, 0.05) is 24.3 Å². The number of aromatic hydroxyl groups is 1. The molecule has 0 radical (unpaired) electrons. The minimum absolute atomic E-state index is 0.125. The van der Waals surface area contributed by atoms with Gasteiger partial charge in [-0.2, -0.15) is 11.8 Å². The van der Waals surface area contributed by atoms with Crippen LogP contribution in [0.1, 0.15) is 10.4 Å². The maximum atomic E-state index is 13.2. The first-order chi connectivity index (χ1) is 9.79. The molecule has 0 amide bonds. The molecule has 1 aliphatic heterocycles. The second-order valence-corrected chi connectivity index (χ2v) is 8.27. The van der Waals surface area contributed by atoms with Crippen LogP contribution in [0.4, 0.5) is 4.39 Å². The van der Waals surface area contributed by atoms with Crippen LogP contribution in [0.3, 0.4) is 0 Å².